The van der Waals surface area contributed by atoms with Crippen LogP contribution in [0.2, 0.25) is 0 Å². The highest BCUT2D eigenvalue weighted by atomic mass is 31.2. The average molecular weight is 227 g/mol. The van der Waals surface area contributed by atoms with Crippen LogP contribution in [-0.2, 0) is 4.57 Å². The third kappa shape index (κ3) is 5.05. The van der Waals surface area contributed by atoms with E-state index < -0.39 is 19.4 Å². The van der Waals surface area contributed by atoms with Gasteiger partial charge in [-0.05, 0) is 13.8 Å². The number of hydrogen-bond acceptors (Lipinski definition) is 4. The van der Waals surface area contributed by atoms with Crippen LogP contribution in [0.5, 0.6) is 0 Å². The second-order valence-electron chi connectivity index (χ2n) is 3.76. The van der Waals surface area contributed by atoms with Gasteiger partial charge in [0.05, 0.1) is 13.2 Å². The zero-order valence-electron chi connectivity index (χ0n) is 8.42. The van der Waals surface area contributed by atoms with Crippen LogP contribution in [0.3, 0.4) is 0 Å². The molecular weight excluding hydrogens is 209 g/mol. The highest BCUT2D eigenvalue weighted by Crippen LogP contribution is 2.37. The lowest BCUT2D eigenvalue weighted by Crippen LogP contribution is -2.48. The molecule has 0 radical (unpaired) electrons. The molecule has 0 saturated heterocycles. The lowest BCUT2D eigenvalue weighted by atomic mass is 10.1. The van der Waals surface area contributed by atoms with Crippen molar-refractivity contribution in [3.05, 3.63) is 0 Å². The summed E-state index contributed by atoms with van der Waals surface area (Å²) < 4.78 is 10.8. The molecule has 0 aliphatic heterocycles. The molecule has 0 atom stereocenters. The van der Waals surface area contributed by atoms with Crippen LogP contribution in [0.25, 0.3) is 0 Å². The van der Waals surface area contributed by atoms with Gasteiger partial charge in [-0.3, -0.25) is 9.46 Å². The highest BCUT2D eigenvalue weighted by molar-refractivity contribution is 7.51. The van der Waals surface area contributed by atoms with Crippen LogP contribution >= 0.6 is 7.60 Å². The Morgan fingerprint density at radius 3 is 2.07 bits per heavy atom. The predicted octanol–water partition coefficient (Wildman–Crippen LogP) is -0.813. The van der Waals surface area contributed by atoms with Crippen molar-refractivity contribution >= 4 is 7.60 Å². The molecule has 0 unspecified atom stereocenters. The van der Waals surface area contributed by atoms with Gasteiger partial charge in [-0.15, -0.1) is 0 Å². The number of aliphatic hydroxyl groups excluding tert-OH is 2. The van der Waals surface area contributed by atoms with Gasteiger partial charge in [0, 0.05) is 12.1 Å². The summed E-state index contributed by atoms with van der Waals surface area (Å²) in [6.45, 7) is 2.99. The van der Waals surface area contributed by atoms with E-state index in [0.29, 0.717) is 0 Å². The number of rotatable bonds is 6. The van der Waals surface area contributed by atoms with Crippen molar-refractivity contribution in [2.24, 2.45) is 0 Å². The molecule has 0 spiro atoms. The van der Waals surface area contributed by atoms with Crippen molar-refractivity contribution in [2.45, 2.75) is 19.4 Å². The molecule has 0 amide bonds. The Morgan fingerprint density at radius 1 is 1.29 bits per heavy atom. The minimum Gasteiger partial charge on any atom is -0.395 e. The lowest BCUT2D eigenvalue weighted by molar-refractivity contribution is 0.0536. The Bertz CT molecular complexity index is 214. The molecule has 0 bridgehead atoms. The van der Waals surface area contributed by atoms with Crippen molar-refractivity contribution in [3.8, 4) is 0 Å². The van der Waals surface area contributed by atoms with Crippen molar-refractivity contribution in [2.75, 3.05) is 26.0 Å². The van der Waals surface area contributed by atoms with Crippen LogP contribution in [-0.4, -0.2) is 56.5 Å². The fraction of sp³-hybridized carbons (Fsp3) is 1.00. The Hall–Kier alpha value is 0.0300. The Morgan fingerprint density at radius 2 is 1.79 bits per heavy atom. The third-order valence-corrected chi connectivity index (χ3v) is 2.68. The Balaban J connectivity index is 4.52. The van der Waals surface area contributed by atoms with E-state index >= 15 is 0 Å². The topological polar surface area (TPSA) is 101 Å². The molecule has 0 fully saturated rings. The molecule has 0 heterocycles. The first-order chi connectivity index (χ1) is 6.23. The van der Waals surface area contributed by atoms with Crippen LogP contribution in [0, 0.1) is 0 Å². The van der Waals surface area contributed by atoms with Crippen LogP contribution < -0.4 is 0 Å². The molecule has 0 aromatic carbocycles. The predicted molar refractivity (Wildman–Crippen MR) is 51.9 cm³/mol. The molecule has 0 aromatic heterocycles. The van der Waals surface area contributed by atoms with Gasteiger partial charge in [0.25, 0.3) is 0 Å². The zero-order valence-corrected chi connectivity index (χ0v) is 9.31. The molecule has 14 heavy (non-hydrogen) atoms. The van der Waals surface area contributed by atoms with Crippen LogP contribution in [0.1, 0.15) is 13.8 Å². The number of nitrogens with zero attached hydrogens (tertiary/aromatic N) is 1. The van der Waals surface area contributed by atoms with Gasteiger partial charge in [-0.1, -0.05) is 0 Å². The largest absolute Gasteiger partial charge is 0.395 e. The van der Waals surface area contributed by atoms with Crippen molar-refractivity contribution in [1.82, 2.24) is 4.90 Å². The molecule has 0 aromatic rings. The monoisotopic (exact) mass is 227 g/mol. The minimum absolute atomic E-state index is 0.124. The molecule has 86 valence electrons. The number of hydrogen-bond donors (Lipinski definition) is 4. The summed E-state index contributed by atoms with van der Waals surface area (Å²) in [5.74, 6) is 0. The Labute approximate surface area is 83.3 Å². The van der Waals surface area contributed by atoms with Gasteiger partial charge in [-0.25, -0.2) is 0 Å². The minimum atomic E-state index is -4.16. The second-order valence-corrected chi connectivity index (χ2v) is 5.38. The van der Waals surface area contributed by atoms with E-state index in [9.17, 15) is 4.57 Å². The van der Waals surface area contributed by atoms with E-state index in [4.69, 9.17) is 20.0 Å². The maximum absolute atomic E-state index is 10.8. The van der Waals surface area contributed by atoms with Crippen LogP contribution in [0.4, 0.5) is 0 Å². The van der Waals surface area contributed by atoms with Gasteiger partial charge < -0.3 is 20.0 Å². The summed E-state index contributed by atoms with van der Waals surface area (Å²) >= 11 is 0. The van der Waals surface area contributed by atoms with E-state index in [1.165, 1.54) is 4.90 Å². The SMILES string of the molecule is CC(C)(CO)N(CCO)CP(=O)(O)O. The molecule has 0 aliphatic rings. The van der Waals surface area contributed by atoms with Crippen molar-refractivity contribution in [3.63, 3.8) is 0 Å². The van der Waals surface area contributed by atoms with Gasteiger partial charge in [0.2, 0.25) is 0 Å². The zero-order chi connectivity index (χ0) is 11.4. The summed E-state index contributed by atoms with van der Waals surface area (Å²) in [5.41, 5.74) is -0.746. The number of aliphatic hydroxyl groups is 2. The van der Waals surface area contributed by atoms with E-state index in [1.54, 1.807) is 13.8 Å². The standard InChI is InChI=1S/C7H18NO5P/c1-7(2,5-10)8(3-4-9)6-14(11,12)13/h9-10H,3-6H2,1-2H3,(H2,11,12,13). The molecular formula is C7H18NO5P. The van der Waals surface area contributed by atoms with E-state index in [2.05, 4.69) is 0 Å². The van der Waals surface area contributed by atoms with Crippen molar-refractivity contribution in [1.29, 1.82) is 0 Å². The molecule has 7 heteroatoms. The summed E-state index contributed by atoms with van der Waals surface area (Å²) in [6.07, 6.45) is -0.457. The molecule has 0 saturated carbocycles. The van der Waals surface area contributed by atoms with Crippen LogP contribution in [0.15, 0.2) is 0 Å². The average Bonchev–Trinajstić information content (AvgIpc) is 2.01. The second kappa shape index (κ2) is 5.21. The van der Waals surface area contributed by atoms with Gasteiger partial charge in [-0.2, -0.15) is 0 Å². The third-order valence-electron chi connectivity index (χ3n) is 1.97. The quantitative estimate of drug-likeness (QED) is 0.442. The first kappa shape index (κ1) is 14.0. The molecule has 0 rings (SSSR count). The summed E-state index contributed by atoms with van der Waals surface area (Å²) in [5, 5.41) is 17.7. The summed E-state index contributed by atoms with van der Waals surface area (Å²) in [4.78, 5) is 18.9. The molecule has 0 aliphatic carbocycles. The van der Waals surface area contributed by atoms with Gasteiger partial charge >= 0.3 is 7.60 Å². The summed E-state index contributed by atoms with van der Waals surface area (Å²) in [7, 11) is -4.16. The fourth-order valence-corrected chi connectivity index (χ4v) is 1.98. The van der Waals surface area contributed by atoms with Gasteiger partial charge in [0.1, 0.15) is 6.29 Å². The summed E-state index contributed by atoms with van der Waals surface area (Å²) in [6, 6.07) is 0. The first-order valence-electron chi connectivity index (χ1n) is 4.24. The maximum Gasteiger partial charge on any atom is 0.339 e. The van der Waals surface area contributed by atoms with E-state index in [1.807, 2.05) is 0 Å². The van der Waals surface area contributed by atoms with E-state index in [-0.39, 0.29) is 19.8 Å². The molecule has 6 nitrogen and oxygen atoms in total. The fourth-order valence-electron chi connectivity index (χ4n) is 1.01. The lowest BCUT2D eigenvalue weighted by Gasteiger charge is -2.36. The normalized spacial score (nSPS) is 13.6. The maximum atomic E-state index is 10.8. The molecule has 4 N–H and O–H groups in total. The number of β-amino-alcohol motifs (C(OH)–C–C–N with tert-alkyl or cyclic N) is 1. The van der Waals surface area contributed by atoms with E-state index in [0.717, 1.165) is 0 Å². The Kier molecular flexibility index (Phi) is 5.22. The smallest absolute Gasteiger partial charge is 0.339 e. The first-order valence-corrected chi connectivity index (χ1v) is 6.04. The highest BCUT2D eigenvalue weighted by Gasteiger charge is 2.30. The van der Waals surface area contributed by atoms with Crippen molar-refractivity contribution < 1.29 is 24.6 Å². The van der Waals surface area contributed by atoms with Gasteiger partial charge in [0.15, 0.2) is 0 Å².